The Hall–Kier alpha value is -0.700. The summed E-state index contributed by atoms with van der Waals surface area (Å²) in [5.41, 5.74) is -0.116. The SMILES string of the molecule is CC1CCCC(C=O)(Cc2nccs2)C1. The van der Waals surface area contributed by atoms with Crippen LogP contribution < -0.4 is 0 Å². The highest BCUT2D eigenvalue weighted by atomic mass is 32.1. The fraction of sp³-hybridized carbons (Fsp3) is 0.667. The van der Waals surface area contributed by atoms with Gasteiger partial charge in [0.05, 0.1) is 5.01 Å². The number of thiazole rings is 1. The number of aromatic nitrogens is 1. The van der Waals surface area contributed by atoms with Crippen LogP contribution in [0.15, 0.2) is 11.6 Å². The molecule has 0 N–H and O–H groups in total. The van der Waals surface area contributed by atoms with Crippen molar-refractivity contribution in [2.45, 2.75) is 39.0 Å². The standard InChI is InChI=1S/C12H17NOS/c1-10-3-2-4-12(7-10,9-14)8-11-13-5-6-15-11/h5-6,9-10H,2-4,7-8H2,1H3. The zero-order valence-corrected chi connectivity index (χ0v) is 9.93. The van der Waals surface area contributed by atoms with Gasteiger partial charge < -0.3 is 4.79 Å². The molecule has 1 heterocycles. The third kappa shape index (κ3) is 2.46. The van der Waals surface area contributed by atoms with Crippen molar-refractivity contribution in [3.05, 3.63) is 16.6 Å². The highest BCUT2D eigenvalue weighted by molar-refractivity contribution is 7.09. The van der Waals surface area contributed by atoms with Gasteiger partial charge in [0, 0.05) is 23.4 Å². The zero-order valence-electron chi connectivity index (χ0n) is 9.11. The van der Waals surface area contributed by atoms with E-state index in [9.17, 15) is 4.79 Å². The Morgan fingerprint density at radius 1 is 1.73 bits per heavy atom. The minimum Gasteiger partial charge on any atom is -0.303 e. The highest BCUT2D eigenvalue weighted by Gasteiger charge is 2.35. The fourth-order valence-electron chi connectivity index (χ4n) is 2.65. The molecule has 0 radical (unpaired) electrons. The van der Waals surface area contributed by atoms with Gasteiger partial charge in [0.25, 0.3) is 0 Å². The molecule has 2 rings (SSSR count). The predicted molar refractivity (Wildman–Crippen MR) is 61.9 cm³/mol. The van der Waals surface area contributed by atoms with Crippen molar-refractivity contribution in [3.8, 4) is 0 Å². The molecule has 2 nitrogen and oxygen atoms in total. The molecule has 2 unspecified atom stereocenters. The Balaban J connectivity index is 2.10. The lowest BCUT2D eigenvalue weighted by Crippen LogP contribution is -2.31. The average molecular weight is 223 g/mol. The number of hydrogen-bond acceptors (Lipinski definition) is 3. The lowest BCUT2D eigenvalue weighted by molar-refractivity contribution is -0.118. The van der Waals surface area contributed by atoms with Gasteiger partial charge in [-0.3, -0.25) is 0 Å². The molecule has 2 atom stereocenters. The lowest BCUT2D eigenvalue weighted by atomic mass is 9.69. The van der Waals surface area contributed by atoms with Gasteiger partial charge in [0.2, 0.25) is 0 Å². The molecule has 0 spiro atoms. The zero-order chi connectivity index (χ0) is 10.7. The van der Waals surface area contributed by atoms with Crippen LogP contribution in [0.4, 0.5) is 0 Å². The molecular formula is C12H17NOS. The predicted octanol–water partition coefficient (Wildman–Crippen LogP) is 3.08. The summed E-state index contributed by atoms with van der Waals surface area (Å²) >= 11 is 1.66. The van der Waals surface area contributed by atoms with Gasteiger partial charge in [-0.1, -0.05) is 19.8 Å². The molecule has 3 heteroatoms. The fourth-order valence-corrected chi connectivity index (χ4v) is 3.42. The van der Waals surface area contributed by atoms with E-state index in [-0.39, 0.29) is 5.41 Å². The summed E-state index contributed by atoms with van der Waals surface area (Å²) in [4.78, 5) is 15.6. The number of nitrogens with zero attached hydrogens (tertiary/aromatic N) is 1. The third-order valence-electron chi connectivity index (χ3n) is 3.36. The van der Waals surface area contributed by atoms with Gasteiger partial charge in [-0.2, -0.15) is 0 Å². The number of carbonyl (C=O) groups excluding carboxylic acids is 1. The number of hydrogen-bond donors (Lipinski definition) is 0. The van der Waals surface area contributed by atoms with Crippen molar-refractivity contribution in [2.75, 3.05) is 0 Å². The average Bonchev–Trinajstić information content (AvgIpc) is 2.70. The summed E-state index contributed by atoms with van der Waals surface area (Å²) in [6, 6.07) is 0. The molecule has 0 aromatic carbocycles. The normalized spacial score (nSPS) is 31.4. The molecule has 15 heavy (non-hydrogen) atoms. The van der Waals surface area contributed by atoms with E-state index in [0.29, 0.717) is 5.92 Å². The van der Waals surface area contributed by atoms with E-state index in [2.05, 4.69) is 11.9 Å². The summed E-state index contributed by atoms with van der Waals surface area (Å²) in [6.07, 6.45) is 8.39. The monoisotopic (exact) mass is 223 g/mol. The minimum atomic E-state index is -0.116. The molecule has 0 saturated heterocycles. The van der Waals surface area contributed by atoms with E-state index in [0.717, 1.165) is 24.3 Å². The van der Waals surface area contributed by atoms with E-state index in [1.54, 1.807) is 11.3 Å². The van der Waals surface area contributed by atoms with Gasteiger partial charge in [-0.15, -0.1) is 11.3 Å². The Kier molecular flexibility index (Phi) is 3.19. The molecule has 1 aromatic rings. The number of carbonyl (C=O) groups is 1. The Morgan fingerprint density at radius 3 is 3.20 bits per heavy atom. The molecule has 1 fully saturated rings. The van der Waals surface area contributed by atoms with E-state index < -0.39 is 0 Å². The van der Waals surface area contributed by atoms with Crippen LogP contribution >= 0.6 is 11.3 Å². The summed E-state index contributed by atoms with van der Waals surface area (Å²) in [7, 11) is 0. The summed E-state index contributed by atoms with van der Waals surface area (Å²) < 4.78 is 0. The minimum absolute atomic E-state index is 0.116. The van der Waals surface area contributed by atoms with Crippen LogP contribution in [0, 0.1) is 11.3 Å². The third-order valence-corrected chi connectivity index (χ3v) is 4.14. The van der Waals surface area contributed by atoms with Crippen LogP contribution in [0.2, 0.25) is 0 Å². The summed E-state index contributed by atoms with van der Waals surface area (Å²) in [5, 5.41) is 3.09. The Bertz CT molecular complexity index is 322. The molecule has 0 amide bonds. The Morgan fingerprint density at radius 2 is 2.60 bits per heavy atom. The second-order valence-corrected chi connectivity index (χ2v) is 5.76. The van der Waals surface area contributed by atoms with Gasteiger partial charge in [-0.05, 0) is 18.8 Å². The molecule has 1 saturated carbocycles. The van der Waals surface area contributed by atoms with Crippen LogP contribution in [0.25, 0.3) is 0 Å². The quantitative estimate of drug-likeness (QED) is 0.737. The first-order chi connectivity index (χ1) is 7.24. The maximum absolute atomic E-state index is 11.3. The maximum atomic E-state index is 11.3. The number of aldehydes is 1. The van der Waals surface area contributed by atoms with Gasteiger partial charge in [0.15, 0.2) is 0 Å². The smallest absolute Gasteiger partial charge is 0.126 e. The van der Waals surface area contributed by atoms with Gasteiger partial charge >= 0.3 is 0 Å². The van der Waals surface area contributed by atoms with Crippen molar-refractivity contribution in [1.29, 1.82) is 0 Å². The van der Waals surface area contributed by atoms with E-state index in [4.69, 9.17) is 0 Å². The highest BCUT2D eigenvalue weighted by Crippen LogP contribution is 2.40. The summed E-state index contributed by atoms with van der Waals surface area (Å²) in [6.45, 7) is 2.25. The van der Waals surface area contributed by atoms with Crippen LogP contribution in [0.3, 0.4) is 0 Å². The number of rotatable bonds is 3. The molecular weight excluding hydrogens is 206 g/mol. The van der Waals surface area contributed by atoms with Gasteiger partial charge in [0.1, 0.15) is 6.29 Å². The van der Waals surface area contributed by atoms with Gasteiger partial charge in [-0.25, -0.2) is 4.98 Å². The topological polar surface area (TPSA) is 30.0 Å². The maximum Gasteiger partial charge on any atom is 0.126 e. The largest absolute Gasteiger partial charge is 0.303 e. The first-order valence-electron chi connectivity index (χ1n) is 5.59. The Labute approximate surface area is 94.7 Å². The molecule has 1 aromatic heterocycles. The first kappa shape index (κ1) is 10.8. The van der Waals surface area contributed by atoms with Crippen LogP contribution in [0.5, 0.6) is 0 Å². The van der Waals surface area contributed by atoms with E-state index in [1.807, 2.05) is 11.6 Å². The van der Waals surface area contributed by atoms with Crippen molar-refractivity contribution in [3.63, 3.8) is 0 Å². The van der Waals surface area contributed by atoms with Crippen LogP contribution in [-0.4, -0.2) is 11.3 Å². The molecule has 0 aliphatic heterocycles. The van der Waals surface area contributed by atoms with Crippen molar-refractivity contribution < 1.29 is 4.79 Å². The second kappa shape index (κ2) is 4.44. The first-order valence-corrected chi connectivity index (χ1v) is 6.47. The van der Waals surface area contributed by atoms with E-state index in [1.165, 1.54) is 19.1 Å². The van der Waals surface area contributed by atoms with Crippen molar-refractivity contribution in [1.82, 2.24) is 4.98 Å². The molecule has 1 aliphatic carbocycles. The van der Waals surface area contributed by atoms with E-state index >= 15 is 0 Å². The lowest BCUT2D eigenvalue weighted by Gasteiger charge is -2.34. The van der Waals surface area contributed by atoms with Crippen molar-refractivity contribution >= 4 is 17.6 Å². The molecule has 0 bridgehead atoms. The second-order valence-electron chi connectivity index (χ2n) is 4.78. The van der Waals surface area contributed by atoms with Crippen molar-refractivity contribution in [2.24, 2.45) is 11.3 Å². The van der Waals surface area contributed by atoms with Crippen LogP contribution in [0.1, 0.15) is 37.6 Å². The molecule has 1 aliphatic rings. The van der Waals surface area contributed by atoms with Crippen LogP contribution in [-0.2, 0) is 11.2 Å². The summed E-state index contributed by atoms with van der Waals surface area (Å²) in [5.74, 6) is 0.684. The molecule has 82 valence electrons.